The van der Waals surface area contributed by atoms with E-state index in [0.717, 1.165) is 18.4 Å². The highest BCUT2D eigenvalue weighted by atomic mass is 16.5. The fourth-order valence-corrected chi connectivity index (χ4v) is 2.27. The van der Waals surface area contributed by atoms with Gasteiger partial charge in [0.15, 0.2) is 0 Å². The molecule has 0 fully saturated rings. The fraction of sp³-hybridized carbons (Fsp3) is 0.333. The minimum atomic E-state index is -0.634. The van der Waals surface area contributed by atoms with Crippen molar-refractivity contribution in [2.24, 2.45) is 5.73 Å². The number of ether oxygens (including phenoxy) is 2. The molecule has 0 aromatic heterocycles. The zero-order chi connectivity index (χ0) is 19.6. The number of hydrogen-bond donors (Lipinski definition) is 2. The van der Waals surface area contributed by atoms with Crippen LogP contribution in [0.25, 0.3) is 0 Å². The van der Waals surface area contributed by atoms with Crippen LogP contribution in [0.4, 0.5) is 5.69 Å². The summed E-state index contributed by atoms with van der Waals surface area (Å²) in [7, 11) is 0. The first-order valence-corrected chi connectivity index (χ1v) is 9.05. The highest BCUT2D eigenvalue weighted by Crippen LogP contribution is 2.25. The summed E-state index contributed by atoms with van der Waals surface area (Å²) in [6.07, 6.45) is 1.82. The summed E-state index contributed by atoms with van der Waals surface area (Å²) in [5.74, 6) is -0.409. The van der Waals surface area contributed by atoms with E-state index >= 15 is 0 Å². The second kappa shape index (κ2) is 10.3. The van der Waals surface area contributed by atoms with E-state index in [4.69, 9.17) is 15.2 Å². The average molecular weight is 370 g/mol. The van der Waals surface area contributed by atoms with Crippen LogP contribution >= 0.6 is 0 Å². The molecule has 0 aliphatic rings. The first kappa shape index (κ1) is 20.5. The highest BCUT2D eigenvalue weighted by molar-refractivity contribution is 5.97. The van der Waals surface area contributed by atoms with Gasteiger partial charge in [-0.2, -0.15) is 0 Å². The number of anilines is 1. The largest absolute Gasteiger partial charge is 0.493 e. The second-order valence-electron chi connectivity index (χ2n) is 6.25. The molecule has 0 heterocycles. The molecule has 3 N–H and O–H groups in total. The summed E-state index contributed by atoms with van der Waals surface area (Å²) in [4.78, 5) is 24.3. The topological polar surface area (TPSA) is 90.6 Å². The van der Waals surface area contributed by atoms with Crippen LogP contribution in [-0.2, 0) is 16.1 Å². The van der Waals surface area contributed by atoms with Crippen LogP contribution in [0.1, 0.15) is 42.6 Å². The van der Waals surface area contributed by atoms with Gasteiger partial charge in [-0.15, -0.1) is 0 Å². The lowest BCUT2D eigenvalue weighted by Gasteiger charge is -2.14. The number of esters is 1. The smallest absolute Gasteiger partial charge is 0.342 e. The van der Waals surface area contributed by atoms with Crippen molar-refractivity contribution in [1.82, 2.24) is 0 Å². The lowest BCUT2D eigenvalue weighted by Crippen LogP contribution is -2.32. The Hall–Kier alpha value is -2.86. The molecule has 0 aliphatic carbocycles. The van der Waals surface area contributed by atoms with E-state index in [9.17, 15) is 9.59 Å². The van der Waals surface area contributed by atoms with Crippen molar-refractivity contribution >= 4 is 17.6 Å². The third-order valence-corrected chi connectivity index (χ3v) is 3.85. The molecule has 27 heavy (non-hydrogen) atoms. The third kappa shape index (κ3) is 6.42. The predicted octanol–water partition coefficient (Wildman–Crippen LogP) is 3.51. The number of carbonyl (C=O) groups is 2. The van der Waals surface area contributed by atoms with E-state index in [-0.39, 0.29) is 12.5 Å². The molecule has 0 saturated heterocycles. The zero-order valence-corrected chi connectivity index (χ0v) is 15.7. The highest BCUT2D eigenvalue weighted by Gasteiger charge is 2.17. The molecule has 144 valence electrons. The molecule has 0 aliphatic heterocycles. The summed E-state index contributed by atoms with van der Waals surface area (Å²) in [5, 5.41) is 2.70. The van der Waals surface area contributed by atoms with Gasteiger partial charge in [0.2, 0.25) is 5.91 Å². The molecule has 2 aromatic rings. The van der Waals surface area contributed by atoms with Crippen molar-refractivity contribution in [3.8, 4) is 5.75 Å². The maximum Gasteiger partial charge on any atom is 0.342 e. The van der Waals surface area contributed by atoms with E-state index in [1.807, 2.05) is 30.3 Å². The minimum Gasteiger partial charge on any atom is -0.493 e. The summed E-state index contributed by atoms with van der Waals surface area (Å²) < 4.78 is 11.1. The monoisotopic (exact) mass is 370 g/mol. The molecule has 0 radical (unpaired) electrons. The Labute approximate surface area is 159 Å². The van der Waals surface area contributed by atoms with E-state index in [1.165, 1.54) is 0 Å². The molecule has 1 amide bonds. The van der Waals surface area contributed by atoms with Gasteiger partial charge in [0, 0.05) is 11.8 Å². The number of carbonyl (C=O) groups excluding carboxylic acids is 2. The molecule has 0 saturated carbocycles. The van der Waals surface area contributed by atoms with Gasteiger partial charge in [-0.3, -0.25) is 4.79 Å². The average Bonchev–Trinajstić information content (AvgIpc) is 2.67. The number of unbranched alkanes of at least 4 members (excludes halogenated alkanes) is 1. The van der Waals surface area contributed by atoms with Crippen molar-refractivity contribution in [3.63, 3.8) is 0 Å². The summed E-state index contributed by atoms with van der Waals surface area (Å²) >= 11 is 0. The summed E-state index contributed by atoms with van der Waals surface area (Å²) in [6, 6.07) is 13.7. The minimum absolute atomic E-state index is 0.178. The van der Waals surface area contributed by atoms with E-state index in [2.05, 4.69) is 12.2 Å². The van der Waals surface area contributed by atoms with Crippen LogP contribution in [0, 0.1) is 0 Å². The lowest BCUT2D eigenvalue weighted by atomic mass is 10.1. The number of benzene rings is 2. The first-order valence-electron chi connectivity index (χ1n) is 9.05. The molecule has 0 spiro atoms. The molecule has 2 rings (SSSR count). The molecule has 0 bridgehead atoms. The van der Waals surface area contributed by atoms with Crippen molar-refractivity contribution in [2.75, 3.05) is 11.9 Å². The van der Waals surface area contributed by atoms with Crippen molar-refractivity contribution in [1.29, 1.82) is 0 Å². The zero-order valence-electron chi connectivity index (χ0n) is 15.7. The van der Waals surface area contributed by atoms with Crippen LogP contribution in [0.2, 0.25) is 0 Å². The van der Waals surface area contributed by atoms with Gasteiger partial charge in [-0.05, 0) is 31.0 Å². The van der Waals surface area contributed by atoms with Crippen LogP contribution in [-0.4, -0.2) is 24.5 Å². The Bertz CT molecular complexity index is 760. The van der Waals surface area contributed by atoms with Gasteiger partial charge in [0.25, 0.3) is 0 Å². The van der Waals surface area contributed by atoms with E-state index in [0.29, 0.717) is 23.6 Å². The van der Waals surface area contributed by atoms with Crippen LogP contribution in [0.3, 0.4) is 0 Å². The summed E-state index contributed by atoms with van der Waals surface area (Å²) in [5.41, 5.74) is 7.32. The Morgan fingerprint density at radius 2 is 1.89 bits per heavy atom. The first-order chi connectivity index (χ1) is 13.0. The molecule has 1 atom stereocenters. The number of hydrogen-bond acceptors (Lipinski definition) is 5. The van der Waals surface area contributed by atoms with E-state index in [1.54, 1.807) is 25.1 Å². The third-order valence-electron chi connectivity index (χ3n) is 3.85. The van der Waals surface area contributed by atoms with Gasteiger partial charge in [-0.25, -0.2) is 4.79 Å². The van der Waals surface area contributed by atoms with Crippen LogP contribution in [0.5, 0.6) is 5.75 Å². The fourth-order valence-electron chi connectivity index (χ4n) is 2.27. The van der Waals surface area contributed by atoms with Crippen molar-refractivity contribution in [2.45, 2.75) is 39.3 Å². The lowest BCUT2D eigenvalue weighted by molar-refractivity contribution is -0.117. The van der Waals surface area contributed by atoms with Gasteiger partial charge < -0.3 is 20.5 Å². The molecule has 2 aromatic carbocycles. The second-order valence-corrected chi connectivity index (χ2v) is 6.25. The maximum absolute atomic E-state index is 12.5. The van der Waals surface area contributed by atoms with E-state index < -0.39 is 12.0 Å². The maximum atomic E-state index is 12.5. The van der Waals surface area contributed by atoms with Gasteiger partial charge in [0.05, 0.1) is 12.6 Å². The standard InChI is InChI=1S/C21H26N2O4/c1-3-4-12-26-19-13-17(23-20(24)15(2)22)10-11-18(19)21(25)27-14-16-8-6-5-7-9-16/h5-11,13,15H,3-4,12,14,22H2,1-2H3,(H,23,24)/t15-/m0/s1. The molecule has 0 unspecified atom stereocenters. The van der Waals surface area contributed by atoms with Gasteiger partial charge in [0.1, 0.15) is 17.9 Å². The Kier molecular flexibility index (Phi) is 7.82. The number of nitrogens with two attached hydrogens (primary N) is 1. The number of nitrogens with one attached hydrogen (secondary N) is 1. The molecular weight excluding hydrogens is 344 g/mol. The molecule has 6 heteroatoms. The van der Waals surface area contributed by atoms with Gasteiger partial charge in [-0.1, -0.05) is 43.7 Å². The Morgan fingerprint density at radius 1 is 1.15 bits per heavy atom. The van der Waals surface area contributed by atoms with Gasteiger partial charge >= 0.3 is 5.97 Å². The Morgan fingerprint density at radius 3 is 2.56 bits per heavy atom. The summed E-state index contributed by atoms with van der Waals surface area (Å²) in [6.45, 7) is 4.30. The molecular formula is C21H26N2O4. The quantitative estimate of drug-likeness (QED) is 0.521. The number of amides is 1. The SMILES string of the molecule is CCCCOc1cc(NC(=O)[C@H](C)N)ccc1C(=O)OCc1ccccc1. The predicted molar refractivity (Wildman–Crippen MR) is 105 cm³/mol. The van der Waals surface area contributed by atoms with Crippen molar-refractivity contribution in [3.05, 3.63) is 59.7 Å². The Balaban J connectivity index is 2.14. The van der Waals surface area contributed by atoms with Crippen LogP contribution < -0.4 is 15.8 Å². The molecule has 6 nitrogen and oxygen atoms in total. The normalized spacial score (nSPS) is 11.5. The van der Waals surface area contributed by atoms with Crippen molar-refractivity contribution < 1.29 is 19.1 Å². The number of rotatable bonds is 9. The van der Waals surface area contributed by atoms with Crippen LogP contribution in [0.15, 0.2) is 48.5 Å².